The fraction of sp³-hybridized carbons (Fsp3) is 0.316. The monoisotopic (exact) mass is 384 g/mol. The first kappa shape index (κ1) is 20.3. The molecule has 0 aromatic heterocycles. The zero-order valence-electron chi connectivity index (χ0n) is 14.4. The van der Waals surface area contributed by atoms with Crippen LogP contribution in [0.1, 0.15) is 37.4 Å². The smallest absolute Gasteiger partial charge is 0.324 e. The first-order valence-electron chi connectivity index (χ1n) is 8.21. The summed E-state index contributed by atoms with van der Waals surface area (Å²) in [7, 11) is 0. The highest BCUT2D eigenvalue weighted by Gasteiger charge is 2.34. The molecule has 2 unspecified atom stereocenters. The molecule has 7 heteroatoms. The van der Waals surface area contributed by atoms with Crippen molar-refractivity contribution in [1.82, 2.24) is 5.32 Å². The molecular formula is C19H20ClF3N2O. The van der Waals surface area contributed by atoms with Gasteiger partial charge in [-0.3, -0.25) is 10.1 Å². The number of amides is 1. The number of hydrogen-bond donors (Lipinski definition) is 2. The molecule has 2 aromatic carbocycles. The Morgan fingerprint density at radius 3 is 2.31 bits per heavy atom. The van der Waals surface area contributed by atoms with Crippen LogP contribution in [-0.4, -0.2) is 11.9 Å². The van der Waals surface area contributed by atoms with Crippen molar-refractivity contribution in [2.75, 3.05) is 5.32 Å². The number of alkyl halides is 3. The summed E-state index contributed by atoms with van der Waals surface area (Å²) in [5.74, 6) is -0.533. The average Bonchev–Trinajstić information content (AvgIpc) is 2.59. The van der Waals surface area contributed by atoms with E-state index < -0.39 is 23.7 Å². The molecular weight excluding hydrogens is 365 g/mol. The molecule has 2 N–H and O–H groups in total. The minimum absolute atomic E-state index is 0.120. The van der Waals surface area contributed by atoms with Gasteiger partial charge in [-0.1, -0.05) is 42.8 Å². The Bertz CT molecular complexity index is 747. The van der Waals surface area contributed by atoms with Crippen molar-refractivity contribution < 1.29 is 18.0 Å². The van der Waals surface area contributed by atoms with Crippen LogP contribution in [0.15, 0.2) is 48.5 Å². The maximum absolute atomic E-state index is 13.0. The summed E-state index contributed by atoms with van der Waals surface area (Å²) in [5.41, 5.74) is -0.171. The van der Waals surface area contributed by atoms with Gasteiger partial charge in [0.1, 0.15) is 0 Å². The second-order valence-corrected chi connectivity index (χ2v) is 6.37. The molecule has 0 fully saturated rings. The minimum Gasteiger partial charge on any atom is -0.324 e. The highest BCUT2D eigenvalue weighted by atomic mass is 35.5. The quantitative estimate of drug-likeness (QED) is 0.697. The molecule has 2 aromatic rings. The Hall–Kier alpha value is -2.05. The van der Waals surface area contributed by atoms with Crippen molar-refractivity contribution in [3.63, 3.8) is 0 Å². The molecule has 3 nitrogen and oxygen atoms in total. The molecule has 0 aliphatic rings. The molecule has 140 valence electrons. The van der Waals surface area contributed by atoms with Gasteiger partial charge in [-0.2, -0.15) is 13.2 Å². The fourth-order valence-electron chi connectivity index (χ4n) is 2.60. The van der Waals surface area contributed by atoms with Gasteiger partial charge < -0.3 is 5.32 Å². The van der Waals surface area contributed by atoms with Gasteiger partial charge in [-0.05, 0) is 43.2 Å². The molecule has 0 spiro atoms. The average molecular weight is 385 g/mol. The van der Waals surface area contributed by atoms with E-state index in [1.165, 1.54) is 18.2 Å². The molecule has 0 aliphatic carbocycles. The standard InChI is InChI=1S/C19H20ClF3N2O/c1-3-16(13-8-10-14(20)11-9-13)24-12(2)18(26)25-17-7-5-4-6-15(17)19(21,22)23/h4-12,16,24H,3H2,1-2H3,(H,25,26). The normalized spacial score (nSPS) is 13.9. The molecule has 0 heterocycles. The van der Waals surface area contributed by atoms with Gasteiger partial charge >= 0.3 is 6.18 Å². The van der Waals surface area contributed by atoms with Crippen molar-refractivity contribution in [2.24, 2.45) is 0 Å². The lowest BCUT2D eigenvalue weighted by atomic mass is 10.0. The van der Waals surface area contributed by atoms with E-state index in [-0.39, 0.29) is 11.7 Å². The molecule has 0 bridgehead atoms. The maximum Gasteiger partial charge on any atom is 0.418 e. The van der Waals surface area contributed by atoms with E-state index in [1.54, 1.807) is 19.1 Å². The van der Waals surface area contributed by atoms with Gasteiger partial charge in [-0.15, -0.1) is 0 Å². The van der Waals surface area contributed by atoms with Crippen LogP contribution in [0.3, 0.4) is 0 Å². The fourth-order valence-corrected chi connectivity index (χ4v) is 2.73. The summed E-state index contributed by atoms with van der Waals surface area (Å²) in [6, 6.07) is 11.3. The minimum atomic E-state index is -4.53. The summed E-state index contributed by atoms with van der Waals surface area (Å²) in [5, 5.41) is 6.12. The lowest BCUT2D eigenvalue weighted by Gasteiger charge is -2.23. The van der Waals surface area contributed by atoms with Crippen molar-refractivity contribution in [3.05, 3.63) is 64.7 Å². The number of halogens is 4. The number of hydrogen-bond acceptors (Lipinski definition) is 2. The summed E-state index contributed by atoms with van der Waals surface area (Å²) < 4.78 is 39.1. The number of rotatable bonds is 6. The van der Waals surface area contributed by atoms with Crippen LogP contribution in [0, 0.1) is 0 Å². The third-order valence-corrected chi connectivity index (χ3v) is 4.27. The van der Waals surface area contributed by atoms with E-state index in [0.717, 1.165) is 11.6 Å². The lowest BCUT2D eigenvalue weighted by Crippen LogP contribution is -2.40. The van der Waals surface area contributed by atoms with E-state index in [1.807, 2.05) is 19.1 Å². The maximum atomic E-state index is 13.0. The SMILES string of the molecule is CCC(NC(C)C(=O)Nc1ccccc1C(F)(F)F)c1ccc(Cl)cc1. The molecule has 26 heavy (non-hydrogen) atoms. The van der Waals surface area contributed by atoms with Crippen LogP contribution in [0.5, 0.6) is 0 Å². The van der Waals surface area contributed by atoms with Crippen LogP contribution in [-0.2, 0) is 11.0 Å². The first-order chi connectivity index (χ1) is 12.2. The largest absolute Gasteiger partial charge is 0.418 e. The Morgan fingerprint density at radius 2 is 1.73 bits per heavy atom. The van der Waals surface area contributed by atoms with Gasteiger partial charge in [0, 0.05) is 11.1 Å². The van der Waals surface area contributed by atoms with E-state index >= 15 is 0 Å². The number of benzene rings is 2. The third kappa shape index (κ3) is 5.22. The van der Waals surface area contributed by atoms with Crippen molar-refractivity contribution in [1.29, 1.82) is 0 Å². The molecule has 0 aliphatic heterocycles. The van der Waals surface area contributed by atoms with E-state index in [2.05, 4.69) is 10.6 Å². The van der Waals surface area contributed by atoms with Gasteiger partial charge in [0.2, 0.25) is 5.91 Å². The predicted molar refractivity (Wildman–Crippen MR) is 97.2 cm³/mol. The second-order valence-electron chi connectivity index (χ2n) is 5.93. The molecule has 0 saturated heterocycles. The number of nitrogens with one attached hydrogen (secondary N) is 2. The Balaban J connectivity index is 2.09. The van der Waals surface area contributed by atoms with E-state index in [0.29, 0.717) is 11.4 Å². The molecule has 1 amide bonds. The molecule has 0 radical (unpaired) electrons. The van der Waals surface area contributed by atoms with Crippen LogP contribution < -0.4 is 10.6 Å². The van der Waals surface area contributed by atoms with Crippen molar-refractivity contribution in [3.8, 4) is 0 Å². The Kier molecular flexibility index (Phi) is 6.67. The van der Waals surface area contributed by atoms with Crippen LogP contribution >= 0.6 is 11.6 Å². The zero-order valence-corrected chi connectivity index (χ0v) is 15.2. The molecule has 0 saturated carbocycles. The number of anilines is 1. The van der Waals surface area contributed by atoms with Gasteiger partial charge in [0.15, 0.2) is 0 Å². The number of carbonyl (C=O) groups is 1. The lowest BCUT2D eigenvalue weighted by molar-refractivity contribution is -0.137. The highest BCUT2D eigenvalue weighted by Crippen LogP contribution is 2.34. The van der Waals surface area contributed by atoms with Crippen LogP contribution in [0.4, 0.5) is 18.9 Å². The predicted octanol–water partition coefficient (Wildman–Crippen LogP) is 5.43. The number of carbonyl (C=O) groups excluding carboxylic acids is 1. The molecule has 2 atom stereocenters. The first-order valence-corrected chi connectivity index (χ1v) is 8.58. The van der Waals surface area contributed by atoms with E-state index in [4.69, 9.17) is 11.6 Å². The summed E-state index contributed by atoms with van der Waals surface area (Å²) in [6.45, 7) is 3.57. The second kappa shape index (κ2) is 8.56. The van der Waals surface area contributed by atoms with E-state index in [9.17, 15) is 18.0 Å². The summed E-state index contributed by atoms with van der Waals surface area (Å²) in [6.07, 6.45) is -3.83. The Labute approximate surface area is 155 Å². The number of para-hydroxylation sites is 1. The van der Waals surface area contributed by atoms with Gasteiger partial charge in [0.05, 0.1) is 17.3 Å². The molecule has 2 rings (SSSR count). The summed E-state index contributed by atoms with van der Waals surface area (Å²) in [4.78, 5) is 12.4. The third-order valence-electron chi connectivity index (χ3n) is 4.02. The Morgan fingerprint density at radius 1 is 1.12 bits per heavy atom. The summed E-state index contributed by atoms with van der Waals surface area (Å²) >= 11 is 5.88. The highest BCUT2D eigenvalue weighted by molar-refractivity contribution is 6.30. The van der Waals surface area contributed by atoms with Crippen molar-refractivity contribution >= 4 is 23.2 Å². The van der Waals surface area contributed by atoms with Crippen molar-refractivity contribution in [2.45, 2.75) is 38.5 Å². The topological polar surface area (TPSA) is 41.1 Å². The van der Waals surface area contributed by atoms with Crippen LogP contribution in [0.25, 0.3) is 0 Å². The van der Waals surface area contributed by atoms with Crippen LogP contribution in [0.2, 0.25) is 5.02 Å². The zero-order chi connectivity index (χ0) is 19.3. The van der Waals surface area contributed by atoms with Gasteiger partial charge in [0.25, 0.3) is 0 Å². The van der Waals surface area contributed by atoms with Gasteiger partial charge in [-0.25, -0.2) is 0 Å².